The molecule has 1 aliphatic heterocycles. The molecule has 0 aliphatic carbocycles. The van der Waals surface area contributed by atoms with E-state index in [0.717, 1.165) is 18.4 Å². The van der Waals surface area contributed by atoms with Crippen LogP contribution in [0.25, 0.3) is 0 Å². The minimum absolute atomic E-state index is 0.0797. The third kappa shape index (κ3) is 3.80. The maximum atomic E-state index is 12.7. The Morgan fingerprint density at radius 3 is 2.35 bits per heavy atom. The van der Waals surface area contributed by atoms with Crippen LogP contribution in [0.5, 0.6) is 0 Å². The molecule has 0 radical (unpaired) electrons. The molecule has 5 heteroatoms. The average molecular weight is 331 g/mol. The Bertz CT molecular complexity index is 716. The van der Waals surface area contributed by atoms with Crippen LogP contribution in [0.2, 0.25) is 0 Å². The SMILES string of the molecule is O=S(=O)(c1ccccc1)N1CCC[C@H]1COCc1ccccc1. The van der Waals surface area contributed by atoms with Gasteiger partial charge in [-0.05, 0) is 30.5 Å². The molecule has 1 saturated heterocycles. The van der Waals surface area contributed by atoms with Gasteiger partial charge in [-0.2, -0.15) is 4.31 Å². The van der Waals surface area contributed by atoms with Gasteiger partial charge in [0.2, 0.25) is 10.0 Å². The summed E-state index contributed by atoms with van der Waals surface area (Å²) in [6.07, 6.45) is 1.73. The highest BCUT2D eigenvalue weighted by molar-refractivity contribution is 7.89. The van der Waals surface area contributed by atoms with Crippen LogP contribution in [0.1, 0.15) is 18.4 Å². The van der Waals surface area contributed by atoms with Gasteiger partial charge >= 0.3 is 0 Å². The summed E-state index contributed by atoms with van der Waals surface area (Å²) in [5, 5.41) is 0. The molecule has 23 heavy (non-hydrogen) atoms. The predicted octanol–water partition coefficient (Wildman–Crippen LogP) is 3.06. The highest BCUT2D eigenvalue weighted by Gasteiger charge is 2.35. The van der Waals surface area contributed by atoms with Gasteiger partial charge in [0.25, 0.3) is 0 Å². The number of hydrogen-bond acceptors (Lipinski definition) is 3. The van der Waals surface area contributed by atoms with E-state index in [4.69, 9.17) is 4.74 Å². The van der Waals surface area contributed by atoms with Gasteiger partial charge in [0.15, 0.2) is 0 Å². The number of hydrogen-bond donors (Lipinski definition) is 0. The molecular formula is C18H21NO3S. The van der Waals surface area contributed by atoms with Crippen molar-refractivity contribution >= 4 is 10.0 Å². The maximum Gasteiger partial charge on any atom is 0.243 e. The first kappa shape index (κ1) is 16.2. The molecule has 2 aromatic carbocycles. The summed E-state index contributed by atoms with van der Waals surface area (Å²) in [6.45, 7) is 1.51. The van der Waals surface area contributed by atoms with Crippen LogP contribution < -0.4 is 0 Å². The minimum atomic E-state index is -3.43. The monoisotopic (exact) mass is 331 g/mol. The van der Waals surface area contributed by atoms with E-state index in [1.807, 2.05) is 36.4 Å². The van der Waals surface area contributed by atoms with E-state index in [2.05, 4.69) is 0 Å². The number of nitrogens with zero attached hydrogens (tertiary/aromatic N) is 1. The van der Waals surface area contributed by atoms with E-state index in [9.17, 15) is 8.42 Å². The summed E-state index contributed by atoms with van der Waals surface area (Å²) < 4.78 is 32.8. The number of ether oxygens (including phenoxy) is 1. The van der Waals surface area contributed by atoms with E-state index in [1.54, 1.807) is 28.6 Å². The van der Waals surface area contributed by atoms with Crippen molar-refractivity contribution in [2.75, 3.05) is 13.2 Å². The average Bonchev–Trinajstić information content (AvgIpc) is 3.06. The largest absolute Gasteiger partial charge is 0.375 e. The number of rotatable bonds is 6. The molecule has 0 saturated carbocycles. The molecule has 0 unspecified atom stereocenters. The lowest BCUT2D eigenvalue weighted by Gasteiger charge is -2.24. The van der Waals surface area contributed by atoms with E-state index in [-0.39, 0.29) is 6.04 Å². The topological polar surface area (TPSA) is 46.6 Å². The fourth-order valence-electron chi connectivity index (χ4n) is 2.91. The maximum absolute atomic E-state index is 12.7. The molecular weight excluding hydrogens is 310 g/mol. The first-order valence-corrected chi connectivity index (χ1v) is 9.30. The van der Waals surface area contributed by atoms with Crippen LogP contribution in [0.3, 0.4) is 0 Å². The summed E-state index contributed by atoms with van der Waals surface area (Å²) in [5.41, 5.74) is 1.10. The third-order valence-corrected chi connectivity index (χ3v) is 6.06. The zero-order valence-corrected chi connectivity index (χ0v) is 13.8. The lowest BCUT2D eigenvalue weighted by Crippen LogP contribution is -2.38. The summed E-state index contributed by atoms with van der Waals surface area (Å²) in [5.74, 6) is 0. The highest BCUT2D eigenvalue weighted by Crippen LogP contribution is 2.26. The molecule has 2 aromatic rings. The smallest absolute Gasteiger partial charge is 0.243 e. The van der Waals surface area contributed by atoms with E-state index in [1.165, 1.54) is 0 Å². The van der Waals surface area contributed by atoms with Crippen LogP contribution in [0.4, 0.5) is 0 Å². The molecule has 1 heterocycles. The lowest BCUT2D eigenvalue weighted by molar-refractivity contribution is 0.0873. The van der Waals surface area contributed by atoms with E-state index >= 15 is 0 Å². The second-order valence-electron chi connectivity index (χ2n) is 5.73. The minimum Gasteiger partial charge on any atom is -0.375 e. The van der Waals surface area contributed by atoms with Crippen LogP contribution >= 0.6 is 0 Å². The van der Waals surface area contributed by atoms with Crippen molar-refractivity contribution in [3.63, 3.8) is 0 Å². The third-order valence-electron chi connectivity index (χ3n) is 4.09. The Kier molecular flexibility index (Phi) is 5.10. The second kappa shape index (κ2) is 7.25. The highest BCUT2D eigenvalue weighted by atomic mass is 32.2. The lowest BCUT2D eigenvalue weighted by atomic mass is 10.2. The zero-order chi connectivity index (χ0) is 16.1. The number of sulfonamides is 1. The van der Waals surface area contributed by atoms with Crippen molar-refractivity contribution in [2.24, 2.45) is 0 Å². The molecule has 0 bridgehead atoms. The van der Waals surface area contributed by atoms with Crippen molar-refractivity contribution in [1.82, 2.24) is 4.31 Å². The Labute approximate surface area is 137 Å². The molecule has 122 valence electrons. The van der Waals surface area contributed by atoms with E-state index in [0.29, 0.717) is 24.7 Å². The Morgan fingerprint density at radius 2 is 1.65 bits per heavy atom. The van der Waals surface area contributed by atoms with Crippen molar-refractivity contribution in [1.29, 1.82) is 0 Å². The van der Waals surface area contributed by atoms with Gasteiger partial charge in [0, 0.05) is 12.6 Å². The molecule has 1 fully saturated rings. The van der Waals surface area contributed by atoms with Crippen molar-refractivity contribution in [3.8, 4) is 0 Å². The van der Waals surface area contributed by atoms with E-state index < -0.39 is 10.0 Å². The molecule has 1 atom stereocenters. The molecule has 0 spiro atoms. The first-order valence-electron chi connectivity index (χ1n) is 7.86. The fraction of sp³-hybridized carbons (Fsp3) is 0.333. The van der Waals surface area contributed by atoms with Crippen LogP contribution in [0, 0.1) is 0 Å². The number of benzene rings is 2. The van der Waals surface area contributed by atoms with Crippen molar-refractivity contribution in [3.05, 3.63) is 66.2 Å². The van der Waals surface area contributed by atoms with Gasteiger partial charge in [0.05, 0.1) is 18.1 Å². The Balaban J connectivity index is 1.64. The standard InChI is InChI=1S/C18H21NO3S/c20-23(21,18-11-5-2-6-12-18)19-13-7-10-17(19)15-22-14-16-8-3-1-4-9-16/h1-6,8-9,11-12,17H,7,10,13-15H2/t17-/m0/s1. The van der Waals surface area contributed by atoms with Crippen molar-refractivity contribution in [2.45, 2.75) is 30.4 Å². The summed E-state index contributed by atoms with van der Waals surface area (Å²) in [7, 11) is -3.43. The van der Waals surface area contributed by atoms with Crippen LogP contribution in [-0.2, 0) is 21.4 Å². The fourth-order valence-corrected chi connectivity index (χ4v) is 4.61. The summed E-state index contributed by atoms with van der Waals surface area (Å²) in [4.78, 5) is 0.356. The molecule has 3 rings (SSSR count). The molecule has 1 aliphatic rings. The van der Waals surface area contributed by atoms with Gasteiger partial charge in [-0.3, -0.25) is 0 Å². The predicted molar refractivity (Wildman–Crippen MR) is 89.5 cm³/mol. The Hall–Kier alpha value is -1.69. The second-order valence-corrected chi connectivity index (χ2v) is 7.62. The normalized spacial score (nSPS) is 19.0. The van der Waals surface area contributed by atoms with Crippen LogP contribution in [0.15, 0.2) is 65.6 Å². The first-order chi connectivity index (χ1) is 11.2. The Morgan fingerprint density at radius 1 is 1.00 bits per heavy atom. The van der Waals surface area contributed by atoms with Gasteiger partial charge in [-0.1, -0.05) is 48.5 Å². The van der Waals surface area contributed by atoms with Crippen molar-refractivity contribution < 1.29 is 13.2 Å². The zero-order valence-electron chi connectivity index (χ0n) is 13.0. The molecule has 0 N–H and O–H groups in total. The summed E-state index contributed by atoms with van der Waals surface area (Å²) in [6, 6.07) is 18.5. The van der Waals surface area contributed by atoms with Gasteiger partial charge in [-0.25, -0.2) is 8.42 Å². The molecule has 0 amide bonds. The van der Waals surface area contributed by atoms with Gasteiger partial charge < -0.3 is 4.74 Å². The van der Waals surface area contributed by atoms with Gasteiger partial charge in [0.1, 0.15) is 0 Å². The molecule has 0 aromatic heterocycles. The summed E-state index contributed by atoms with van der Waals surface area (Å²) >= 11 is 0. The quantitative estimate of drug-likeness (QED) is 0.817. The molecule has 4 nitrogen and oxygen atoms in total. The van der Waals surface area contributed by atoms with Crippen LogP contribution in [-0.4, -0.2) is 31.9 Å². The van der Waals surface area contributed by atoms with Gasteiger partial charge in [-0.15, -0.1) is 0 Å².